The highest BCUT2D eigenvalue weighted by atomic mass is 15.2. The topological polar surface area (TPSA) is 6.89 Å². The van der Waals surface area contributed by atoms with Gasteiger partial charge in [0.2, 0.25) is 6.21 Å². The number of hydrogen-bond acceptors (Lipinski definition) is 0. The molecule has 2 aliphatic carbocycles. The third-order valence-electron chi connectivity index (χ3n) is 12.4. The van der Waals surface area contributed by atoms with Crippen LogP contribution in [0.25, 0.3) is 65.7 Å². The molecule has 1 aromatic heterocycles. The molecule has 0 radical (unpaired) electrons. The molecule has 8 aromatic carbocycles. The molecule has 0 bridgehead atoms. The first kappa shape index (κ1) is 29.0. The van der Waals surface area contributed by atoms with Crippen LogP contribution in [-0.2, 0) is 5.41 Å². The molecule has 9 aromatic rings. The van der Waals surface area contributed by atoms with Gasteiger partial charge in [0.25, 0.3) is 5.69 Å². The molecule has 2 nitrogen and oxygen atoms in total. The molecule has 1 aliphatic heterocycles. The van der Waals surface area contributed by atoms with Gasteiger partial charge in [0.15, 0.2) is 6.20 Å². The Morgan fingerprint density at radius 2 is 1.09 bits per heavy atom. The molecule has 3 aliphatic rings. The van der Waals surface area contributed by atoms with Crippen LogP contribution in [0.3, 0.4) is 0 Å². The van der Waals surface area contributed by atoms with Crippen molar-refractivity contribution in [3.63, 3.8) is 0 Å². The highest BCUT2D eigenvalue weighted by Gasteiger charge is 2.53. The second-order valence-electron chi connectivity index (χ2n) is 14.9. The zero-order valence-electron chi connectivity index (χ0n) is 29.3. The zero-order chi connectivity index (χ0) is 34.8. The van der Waals surface area contributed by atoms with Crippen molar-refractivity contribution < 1.29 is 9.14 Å². The lowest BCUT2D eigenvalue weighted by Crippen LogP contribution is -2.42. The Bertz CT molecular complexity index is 3030. The minimum atomic E-state index is -0.456. The van der Waals surface area contributed by atoms with Gasteiger partial charge >= 0.3 is 6.17 Å². The predicted octanol–water partition coefficient (Wildman–Crippen LogP) is 11.1. The van der Waals surface area contributed by atoms with Crippen molar-refractivity contribution in [1.29, 1.82) is 0 Å². The molecule has 12 rings (SSSR count). The van der Waals surface area contributed by atoms with Crippen LogP contribution in [0, 0.1) is 0 Å². The maximum absolute atomic E-state index is 2.42. The summed E-state index contributed by atoms with van der Waals surface area (Å²) >= 11 is 0. The van der Waals surface area contributed by atoms with Crippen molar-refractivity contribution in [2.75, 3.05) is 7.05 Å². The van der Waals surface area contributed by atoms with Crippen LogP contribution in [0.5, 0.6) is 0 Å². The van der Waals surface area contributed by atoms with E-state index in [2.05, 4.69) is 198 Å². The smallest absolute Gasteiger partial charge is 0.168 e. The van der Waals surface area contributed by atoms with E-state index >= 15 is 0 Å². The molecular formula is C51H34N2+2. The third-order valence-corrected chi connectivity index (χ3v) is 12.4. The molecule has 0 saturated carbocycles. The quantitative estimate of drug-likeness (QED) is 0.127. The summed E-state index contributed by atoms with van der Waals surface area (Å²) in [5.74, 6) is 0. The highest BCUT2D eigenvalue weighted by molar-refractivity contribution is 6.21. The molecule has 0 fully saturated rings. The lowest BCUT2D eigenvalue weighted by atomic mass is 9.68. The SMILES string of the molecule is C[N+]1=Cc2cccc[n+]2C1c1ccc(-c2ccc3c4c(ccc3c2)-c2c(c3ccccc3c3ccccc23)C42c3ccccc3-c3ccccc32)cc1. The van der Waals surface area contributed by atoms with E-state index in [-0.39, 0.29) is 6.17 Å². The molecule has 1 atom stereocenters. The number of pyridine rings is 1. The van der Waals surface area contributed by atoms with Gasteiger partial charge in [-0.25, -0.2) is 0 Å². The van der Waals surface area contributed by atoms with E-state index < -0.39 is 5.41 Å². The summed E-state index contributed by atoms with van der Waals surface area (Å²) in [6.07, 6.45) is 4.55. The van der Waals surface area contributed by atoms with E-state index in [0.29, 0.717) is 0 Å². The first-order chi connectivity index (χ1) is 26.2. The van der Waals surface area contributed by atoms with Crippen molar-refractivity contribution in [2.24, 2.45) is 0 Å². The maximum Gasteiger partial charge on any atom is 0.375 e. The summed E-state index contributed by atoms with van der Waals surface area (Å²) < 4.78 is 4.63. The molecule has 2 heterocycles. The van der Waals surface area contributed by atoms with Gasteiger partial charge < -0.3 is 0 Å². The minimum absolute atomic E-state index is 0.154. The average Bonchev–Trinajstić information content (AvgIpc) is 3.84. The Hall–Kier alpha value is -6.64. The number of fused-ring (bicyclic) bond motifs is 18. The van der Waals surface area contributed by atoms with E-state index in [9.17, 15) is 0 Å². The van der Waals surface area contributed by atoms with Gasteiger partial charge in [0, 0.05) is 12.1 Å². The summed E-state index contributed by atoms with van der Waals surface area (Å²) in [6.45, 7) is 0. The summed E-state index contributed by atoms with van der Waals surface area (Å²) in [4.78, 5) is 0. The van der Waals surface area contributed by atoms with E-state index in [1.54, 1.807) is 0 Å². The Kier molecular flexibility index (Phi) is 5.72. The van der Waals surface area contributed by atoms with Crippen LogP contribution in [-0.4, -0.2) is 17.8 Å². The van der Waals surface area contributed by atoms with E-state index in [1.165, 1.54) is 99.2 Å². The number of benzene rings is 8. The van der Waals surface area contributed by atoms with Crippen LogP contribution < -0.4 is 4.57 Å². The zero-order valence-corrected chi connectivity index (χ0v) is 29.3. The number of rotatable bonds is 2. The average molecular weight is 675 g/mol. The van der Waals surface area contributed by atoms with Gasteiger partial charge in [0.1, 0.15) is 7.05 Å². The van der Waals surface area contributed by atoms with Crippen molar-refractivity contribution in [3.8, 4) is 33.4 Å². The first-order valence-electron chi connectivity index (χ1n) is 18.6. The van der Waals surface area contributed by atoms with Crippen LogP contribution >= 0.6 is 0 Å². The summed E-state index contributed by atoms with van der Waals surface area (Å²) in [5.41, 5.74) is 15.5. The summed E-state index contributed by atoms with van der Waals surface area (Å²) in [7, 11) is 2.16. The van der Waals surface area contributed by atoms with Crippen LogP contribution in [0.4, 0.5) is 0 Å². The molecule has 0 amide bonds. The molecule has 2 heteroatoms. The Balaban J connectivity index is 1.11. The fourth-order valence-corrected chi connectivity index (χ4v) is 10.4. The second kappa shape index (κ2) is 10.5. The molecule has 1 spiro atoms. The van der Waals surface area contributed by atoms with Crippen molar-refractivity contribution >= 4 is 38.5 Å². The third kappa shape index (κ3) is 3.67. The largest absolute Gasteiger partial charge is 0.375 e. The Labute approximate surface area is 308 Å². The number of hydrogen-bond donors (Lipinski definition) is 0. The van der Waals surface area contributed by atoms with Crippen LogP contribution in [0.15, 0.2) is 176 Å². The van der Waals surface area contributed by atoms with Gasteiger partial charge in [-0.3, -0.25) is 0 Å². The second-order valence-corrected chi connectivity index (χ2v) is 14.9. The van der Waals surface area contributed by atoms with Gasteiger partial charge in [-0.2, -0.15) is 4.58 Å². The van der Waals surface area contributed by atoms with Crippen molar-refractivity contribution in [3.05, 3.63) is 210 Å². The van der Waals surface area contributed by atoms with E-state index in [1.807, 2.05) is 0 Å². The fraction of sp³-hybridized carbons (Fsp3) is 0.0588. The lowest BCUT2D eigenvalue weighted by molar-refractivity contribution is -0.844. The first-order valence-corrected chi connectivity index (χ1v) is 18.6. The van der Waals surface area contributed by atoms with Gasteiger partial charge in [-0.15, -0.1) is 4.57 Å². The fourth-order valence-electron chi connectivity index (χ4n) is 10.4. The van der Waals surface area contributed by atoms with E-state index in [4.69, 9.17) is 0 Å². The normalized spacial score (nSPS) is 15.7. The Morgan fingerprint density at radius 3 is 1.85 bits per heavy atom. The number of aromatic nitrogens is 1. The molecule has 1 unspecified atom stereocenters. The van der Waals surface area contributed by atoms with Gasteiger partial charge in [-0.05, 0) is 112 Å². The molecule has 246 valence electrons. The maximum atomic E-state index is 2.42. The molecule has 0 saturated heterocycles. The summed E-state index contributed by atoms with van der Waals surface area (Å²) in [6, 6.07) is 63.9. The van der Waals surface area contributed by atoms with Gasteiger partial charge in [-0.1, -0.05) is 133 Å². The van der Waals surface area contributed by atoms with Gasteiger partial charge in [0.05, 0.1) is 11.0 Å². The minimum Gasteiger partial charge on any atom is -0.168 e. The molecule has 0 N–H and O–H groups in total. The molecular weight excluding hydrogens is 641 g/mol. The van der Waals surface area contributed by atoms with E-state index in [0.717, 1.165) is 0 Å². The monoisotopic (exact) mass is 674 g/mol. The molecule has 53 heavy (non-hydrogen) atoms. The number of nitrogens with zero attached hydrogens (tertiary/aromatic N) is 2. The van der Waals surface area contributed by atoms with Crippen LogP contribution in [0.2, 0.25) is 0 Å². The van der Waals surface area contributed by atoms with Crippen LogP contribution in [0.1, 0.15) is 39.7 Å². The standard InChI is InChI=1S/C51H34N2/c1-52-31-36-12-10-11-29-53(36)50(52)33-23-21-32(22-24-33)34-25-27-37-35(30-34)26-28-44-47-42-17-4-2-13-38(42)39-14-3-5-18-43(39)49(47)51(48(37)44)45-19-8-6-15-40(45)41-16-7-9-20-46(41)51/h2-31,50H,1H3/q+2. The summed E-state index contributed by atoms with van der Waals surface area (Å²) in [5, 5.41) is 7.86. The lowest BCUT2D eigenvalue weighted by Gasteiger charge is -2.32. The predicted molar refractivity (Wildman–Crippen MR) is 217 cm³/mol. The Morgan fingerprint density at radius 1 is 0.472 bits per heavy atom. The van der Waals surface area contributed by atoms with Crippen molar-refractivity contribution in [1.82, 2.24) is 0 Å². The van der Waals surface area contributed by atoms with Crippen molar-refractivity contribution in [2.45, 2.75) is 11.6 Å². The highest BCUT2D eigenvalue weighted by Crippen LogP contribution is 2.66.